The van der Waals surface area contributed by atoms with E-state index >= 15 is 0 Å². The van der Waals surface area contributed by atoms with Crippen molar-refractivity contribution in [3.05, 3.63) is 35.1 Å². The summed E-state index contributed by atoms with van der Waals surface area (Å²) in [7, 11) is 0. The van der Waals surface area contributed by atoms with Gasteiger partial charge in [-0.15, -0.1) is 0 Å². The number of rotatable bonds is 7. The minimum Gasteiger partial charge on any atom is -0.349 e. The molecular weight excluding hydrogens is 241 g/mol. The van der Waals surface area contributed by atoms with Crippen LogP contribution in [0.2, 0.25) is 0 Å². The van der Waals surface area contributed by atoms with E-state index in [9.17, 15) is 9.18 Å². The molecule has 1 aromatic carbocycles. The van der Waals surface area contributed by atoms with Gasteiger partial charge in [0.15, 0.2) is 0 Å². The van der Waals surface area contributed by atoms with Crippen LogP contribution in [-0.4, -0.2) is 11.9 Å². The van der Waals surface area contributed by atoms with Crippen LogP contribution in [0.15, 0.2) is 18.2 Å². The molecule has 2 nitrogen and oxygen atoms in total. The molecule has 1 aromatic rings. The first kappa shape index (κ1) is 15.7. The predicted octanol–water partition coefficient (Wildman–Crippen LogP) is 4.22. The minimum absolute atomic E-state index is 0.150. The van der Waals surface area contributed by atoms with Crippen molar-refractivity contribution in [1.29, 1.82) is 0 Å². The Kier molecular flexibility index (Phi) is 6.54. The van der Waals surface area contributed by atoms with Gasteiger partial charge in [0.25, 0.3) is 5.91 Å². The molecule has 0 spiro atoms. The van der Waals surface area contributed by atoms with Gasteiger partial charge in [0.05, 0.1) is 5.56 Å². The Labute approximate surface area is 115 Å². The number of amides is 1. The summed E-state index contributed by atoms with van der Waals surface area (Å²) in [6, 6.07) is 4.78. The molecule has 0 saturated carbocycles. The Morgan fingerprint density at radius 3 is 2.63 bits per heavy atom. The molecule has 0 aliphatic rings. The second-order valence-corrected chi connectivity index (χ2v) is 5.08. The molecule has 0 aromatic heterocycles. The molecule has 0 heterocycles. The van der Waals surface area contributed by atoms with Gasteiger partial charge < -0.3 is 5.32 Å². The van der Waals surface area contributed by atoms with Crippen LogP contribution in [0.4, 0.5) is 4.39 Å². The lowest BCUT2D eigenvalue weighted by Gasteiger charge is -2.18. The van der Waals surface area contributed by atoms with E-state index < -0.39 is 5.82 Å². The second-order valence-electron chi connectivity index (χ2n) is 5.08. The number of hydrogen-bond donors (Lipinski definition) is 1. The molecule has 0 bridgehead atoms. The molecule has 1 N–H and O–H groups in total. The summed E-state index contributed by atoms with van der Waals surface area (Å²) in [4.78, 5) is 12.1. The zero-order chi connectivity index (χ0) is 14.3. The lowest BCUT2D eigenvalue weighted by Crippen LogP contribution is -2.35. The molecule has 19 heavy (non-hydrogen) atoms. The fraction of sp³-hybridized carbons (Fsp3) is 0.562. The Hall–Kier alpha value is -1.38. The van der Waals surface area contributed by atoms with Gasteiger partial charge >= 0.3 is 0 Å². The number of benzene rings is 1. The Bertz CT molecular complexity index is 417. The van der Waals surface area contributed by atoms with Crippen LogP contribution in [0, 0.1) is 12.7 Å². The molecule has 0 radical (unpaired) electrons. The zero-order valence-corrected chi connectivity index (χ0v) is 12.1. The van der Waals surface area contributed by atoms with E-state index in [1.54, 1.807) is 12.1 Å². The molecular formula is C16H24FNO. The SMILES string of the molecule is CCCCC(CCC)NC(=O)c1cc(C)ccc1F. The standard InChI is InChI=1S/C16H24FNO/c1-4-6-8-13(7-5-2)18-16(19)14-11-12(3)9-10-15(14)17/h9-11,13H,4-8H2,1-3H3,(H,18,19). The summed E-state index contributed by atoms with van der Waals surface area (Å²) in [6.07, 6.45) is 5.11. The van der Waals surface area contributed by atoms with Crippen molar-refractivity contribution in [2.45, 2.75) is 58.9 Å². The number of aryl methyl sites for hydroxylation is 1. The first-order valence-corrected chi connectivity index (χ1v) is 7.15. The highest BCUT2D eigenvalue weighted by molar-refractivity contribution is 5.94. The van der Waals surface area contributed by atoms with Crippen molar-refractivity contribution in [2.75, 3.05) is 0 Å². The lowest BCUT2D eigenvalue weighted by molar-refractivity contribution is 0.0928. The van der Waals surface area contributed by atoms with Crippen LogP contribution >= 0.6 is 0 Å². The normalized spacial score (nSPS) is 12.2. The van der Waals surface area contributed by atoms with Crippen molar-refractivity contribution in [2.24, 2.45) is 0 Å². The van der Waals surface area contributed by atoms with Gasteiger partial charge in [0, 0.05) is 6.04 Å². The summed E-state index contributed by atoms with van der Waals surface area (Å²) in [5.74, 6) is -0.746. The quantitative estimate of drug-likeness (QED) is 0.785. The van der Waals surface area contributed by atoms with E-state index in [1.807, 2.05) is 6.92 Å². The molecule has 3 heteroatoms. The summed E-state index contributed by atoms with van der Waals surface area (Å²) < 4.78 is 13.6. The fourth-order valence-electron chi connectivity index (χ4n) is 2.16. The van der Waals surface area contributed by atoms with Gasteiger partial charge in [-0.2, -0.15) is 0 Å². The molecule has 1 amide bonds. The smallest absolute Gasteiger partial charge is 0.254 e. The monoisotopic (exact) mass is 265 g/mol. The van der Waals surface area contributed by atoms with Gasteiger partial charge in [-0.25, -0.2) is 4.39 Å². The van der Waals surface area contributed by atoms with Crippen molar-refractivity contribution < 1.29 is 9.18 Å². The Morgan fingerprint density at radius 1 is 1.26 bits per heavy atom. The number of carbonyl (C=O) groups is 1. The fourth-order valence-corrected chi connectivity index (χ4v) is 2.16. The summed E-state index contributed by atoms with van der Waals surface area (Å²) in [6.45, 7) is 6.08. The summed E-state index contributed by atoms with van der Waals surface area (Å²) in [5, 5.41) is 2.96. The molecule has 1 rings (SSSR count). The number of unbranched alkanes of at least 4 members (excludes halogenated alkanes) is 1. The molecule has 1 unspecified atom stereocenters. The van der Waals surface area contributed by atoms with Crippen LogP contribution < -0.4 is 5.32 Å². The van der Waals surface area contributed by atoms with E-state index in [0.29, 0.717) is 0 Å². The Morgan fingerprint density at radius 2 is 2.00 bits per heavy atom. The molecule has 0 fully saturated rings. The number of hydrogen-bond acceptors (Lipinski definition) is 1. The average Bonchev–Trinajstić information content (AvgIpc) is 2.39. The van der Waals surface area contributed by atoms with E-state index in [1.165, 1.54) is 6.07 Å². The third-order valence-corrected chi connectivity index (χ3v) is 3.24. The van der Waals surface area contributed by atoms with Crippen LogP contribution in [0.3, 0.4) is 0 Å². The van der Waals surface area contributed by atoms with Crippen LogP contribution in [0.25, 0.3) is 0 Å². The molecule has 0 aliphatic heterocycles. The number of nitrogens with one attached hydrogen (secondary N) is 1. The van der Waals surface area contributed by atoms with Crippen molar-refractivity contribution >= 4 is 5.91 Å². The maximum Gasteiger partial charge on any atom is 0.254 e. The van der Waals surface area contributed by atoms with Crippen LogP contribution in [-0.2, 0) is 0 Å². The van der Waals surface area contributed by atoms with Crippen molar-refractivity contribution in [1.82, 2.24) is 5.32 Å². The third kappa shape index (κ3) is 5.01. The highest BCUT2D eigenvalue weighted by Crippen LogP contribution is 2.12. The van der Waals surface area contributed by atoms with Crippen LogP contribution in [0.1, 0.15) is 61.9 Å². The second kappa shape index (κ2) is 7.93. The van der Waals surface area contributed by atoms with Gasteiger partial charge in [-0.05, 0) is 31.9 Å². The molecule has 106 valence electrons. The maximum absolute atomic E-state index is 13.6. The zero-order valence-electron chi connectivity index (χ0n) is 12.1. The van der Waals surface area contributed by atoms with Crippen molar-refractivity contribution in [3.63, 3.8) is 0 Å². The topological polar surface area (TPSA) is 29.1 Å². The first-order valence-electron chi connectivity index (χ1n) is 7.15. The third-order valence-electron chi connectivity index (χ3n) is 3.24. The number of carbonyl (C=O) groups excluding carboxylic acids is 1. The van der Waals surface area contributed by atoms with Gasteiger partial charge in [-0.1, -0.05) is 44.7 Å². The van der Waals surface area contributed by atoms with Gasteiger partial charge in [-0.3, -0.25) is 4.79 Å². The number of halogens is 1. The summed E-state index contributed by atoms with van der Waals surface area (Å²) >= 11 is 0. The van der Waals surface area contributed by atoms with E-state index in [2.05, 4.69) is 19.2 Å². The predicted molar refractivity (Wildman–Crippen MR) is 76.8 cm³/mol. The highest BCUT2D eigenvalue weighted by atomic mass is 19.1. The minimum atomic E-state index is -0.450. The van der Waals surface area contributed by atoms with E-state index in [-0.39, 0.29) is 17.5 Å². The van der Waals surface area contributed by atoms with E-state index in [4.69, 9.17) is 0 Å². The van der Waals surface area contributed by atoms with Gasteiger partial charge in [0.2, 0.25) is 0 Å². The van der Waals surface area contributed by atoms with E-state index in [0.717, 1.165) is 37.7 Å². The van der Waals surface area contributed by atoms with Crippen LogP contribution in [0.5, 0.6) is 0 Å². The van der Waals surface area contributed by atoms with Gasteiger partial charge in [0.1, 0.15) is 5.82 Å². The van der Waals surface area contributed by atoms with Crippen molar-refractivity contribution in [3.8, 4) is 0 Å². The highest BCUT2D eigenvalue weighted by Gasteiger charge is 2.16. The average molecular weight is 265 g/mol. The maximum atomic E-state index is 13.6. The largest absolute Gasteiger partial charge is 0.349 e. The Balaban J connectivity index is 2.72. The molecule has 0 aliphatic carbocycles. The molecule has 0 saturated heterocycles. The first-order chi connectivity index (χ1) is 9.08. The lowest BCUT2D eigenvalue weighted by atomic mass is 10.0. The summed E-state index contributed by atoms with van der Waals surface area (Å²) in [5.41, 5.74) is 1.05. The molecule has 1 atom stereocenters.